The number of carbonyl (C=O) groups is 2. The highest BCUT2D eigenvalue weighted by molar-refractivity contribution is 6.20. The minimum absolute atomic E-state index is 0.00752. The second-order valence-electron chi connectivity index (χ2n) is 8.60. The van der Waals surface area contributed by atoms with E-state index in [1.54, 1.807) is 20.7 Å². The number of rotatable bonds is 3. The smallest absolute Gasteiger partial charge is 0.331 e. The standard InChI is InChI=1S/C22H26N6O2/c1-15-10-16(2)13-25(12-15)19(29)14-27-21-18(20-23-8-9-26(20)22(27)30)11-24-28(21)17-6-4-3-5-7-17/h3-7,11,15-16H,8-10,12-14H2,1-2H3. The van der Waals surface area contributed by atoms with Crippen LogP contribution in [0, 0.1) is 11.8 Å². The van der Waals surface area contributed by atoms with Gasteiger partial charge in [-0.3, -0.25) is 19.6 Å². The van der Waals surface area contributed by atoms with Crippen LogP contribution in [0.2, 0.25) is 0 Å². The van der Waals surface area contributed by atoms with E-state index in [-0.39, 0.29) is 18.5 Å². The first-order valence-corrected chi connectivity index (χ1v) is 10.6. The lowest BCUT2D eigenvalue weighted by atomic mass is 9.92. The Morgan fingerprint density at radius 3 is 2.60 bits per heavy atom. The Morgan fingerprint density at radius 2 is 1.87 bits per heavy atom. The van der Waals surface area contributed by atoms with E-state index >= 15 is 0 Å². The topological polar surface area (TPSA) is 74.0 Å². The third-order valence-corrected chi connectivity index (χ3v) is 6.06. The highest BCUT2D eigenvalue weighted by Crippen LogP contribution is 2.33. The number of carbonyl (C=O) groups excluding carboxylic acids is 2. The molecule has 8 heteroatoms. The van der Waals surface area contributed by atoms with Crippen LogP contribution in [0.1, 0.15) is 25.8 Å². The molecule has 0 saturated carbocycles. The predicted molar refractivity (Wildman–Crippen MR) is 114 cm³/mol. The number of fused-ring (bicyclic) bond motifs is 3. The van der Waals surface area contributed by atoms with Crippen molar-refractivity contribution in [3.8, 4) is 5.69 Å². The van der Waals surface area contributed by atoms with Crippen molar-refractivity contribution in [2.24, 2.45) is 16.8 Å². The van der Waals surface area contributed by atoms with Gasteiger partial charge < -0.3 is 4.90 Å². The summed E-state index contributed by atoms with van der Waals surface area (Å²) >= 11 is 0. The number of amidine groups is 1. The van der Waals surface area contributed by atoms with E-state index in [0.29, 0.717) is 36.6 Å². The minimum Gasteiger partial charge on any atom is -0.341 e. The Kier molecular flexibility index (Phi) is 4.56. The van der Waals surface area contributed by atoms with E-state index < -0.39 is 0 Å². The van der Waals surface area contributed by atoms with E-state index in [4.69, 9.17) is 0 Å². The summed E-state index contributed by atoms with van der Waals surface area (Å²) in [5, 5.41) is 4.55. The molecule has 5 rings (SSSR count). The monoisotopic (exact) mass is 406 g/mol. The number of nitrogens with zero attached hydrogens (tertiary/aromatic N) is 6. The normalized spacial score (nSPS) is 23.3. The summed E-state index contributed by atoms with van der Waals surface area (Å²) in [5.41, 5.74) is 1.64. The van der Waals surface area contributed by atoms with Crippen molar-refractivity contribution >= 4 is 23.6 Å². The SMILES string of the molecule is CC1CC(C)CN(C(=O)CN2C(=O)N3CCN=C3c3cnn(-c4ccccc4)c32)C1. The fraction of sp³-hybridized carbons (Fsp3) is 0.455. The second kappa shape index (κ2) is 7.27. The summed E-state index contributed by atoms with van der Waals surface area (Å²) in [6.45, 7) is 6.95. The van der Waals surface area contributed by atoms with Crippen LogP contribution in [-0.2, 0) is 4.79 Å². The van der Waals surface area contributed by atoms with Gasteiger partial charge in [0.1, 0.15) is 12.4 Å². The summed E-state index contributed by atoms with van der Waals surface area (Å²) in [5.74, 6) is 2.19. The molecule has 3 aliphatic heterocycles. The van der Waals surface area contributed by atoms with Gasteiger partial charge in [-0.25, -0.2) is 9.48 Å². The second-order valence-corrected chi connectivity index (χ2v) is 8.60. The molecule has 1 aromatic carbocycles. The molecule has 1 saturated heterocycles. The third kappa shape index (κ3) is 3.07. The molecule has 3 aliphatic rings. The highest BCUT2D eigenvalue weighted by Gasteiger charge is 2.41. The minimum atomic E-state index is -0.206. The molecule has 0 aliphatic carbocycles. The lowest BCUT2D eigenvalue weighted by molar-refractivity contribution is -0.132. The van der Waals surface area contributed by atoms with Crippen LogP contribution in [-0.4, -0.2) is 70.1 Å². The summed E-state index contributed by atoms with van der Waals surface area (Å²) in [7, 11) is 0. The molecule has 4 heterocycles. The van der Waals surface area contributed by atoms with Crippen LogP contribution >= 0.6 is 0 Å². The van der Waals surface area contributed by atoms with E-state index in [2.05, 4.69) is 23.9 Å². The maximum atomic E-state index is 13.4. The molecule has 156 valence electrons. The Morgan fingerprint density at radius 1 is 1.13 bits per heavy atom. The predicted octanol–water partition coefficient (Wildman–Crippen LogP) is 2.38. The number of para-hydroxylation sites is 1. The molecule has 2 atom stereocenters. The molecule has 8 nitrogen and oxygen atoms in total. The third-order valence-electron chi connectivity index (χ3n) is 6.06. The van der Waals surface area contributed by atoms with E-state index in [1.807, 2.05) is 35.2 Å². The number of hydrogen-bond donors (Lipinski definition) is 0. The van der Waals surface area contributed by atoms with Crippen molar-refractivity contribution in [3.63, 3.8) is 0 Å². The van der Waals surface area contributed by atoms with Crippen LogP contribution < -0.4 is 4.90 Å². The molecule has 2 unspecified atom stereocenters. The molecule has 3 amide bonds. The van der Waals surface area contributed by atoms with E-state index in [1.165, 1.54) is 0 Å². The first kappa shape index (κ1) is 18.8. The molecule has 2 aromatic rings. The lowest BCUT2D eigenvalue weighted by Crippen LogP contribution is -2.54. The Bertz CT molecular complexity index is 1000. The van der Waals surface area contributed by atoms with Gasteiger partial charge in [0.05, 0.1) is 24.0 Å². The van der Waals surface area contributed by atoms with Crippen LogP contribution in [0.3, 0.4) is 0 Å². The summed E-state index contributed by atoms with van der Waals surface area (Å²) in [6, 6.07) is 9.47. The zero-order valence-electron chi connectivity index (χ0n) is 17.4. The van der Waals surface area contributed by atoms with Crippen molar-refractivity contribution in [1.82, 2.24) is 19.6 Å². The van der Waals surface area contributed by atoms with Gasteiger partial charge >= 0.3 is 6.03 Å². The maximum Gasteiger partial charge on any atom is 0.331 e. The Labute approximate surface area is 175 Å². The van der Waals surface area contributed by atoms with Crippen molar-refractivity contribution in [3.05, 3.63) is 42.1 Å². The number of anilines is 1. The van der Waals surface area contributed by atoms with Gasteiger partial charge in [-0.15, -0.1) is 0 Å². The Hall–Kier alpha value is -3.16. The van der Waals surface area contributed by atoms with Gasteiger partial charge in [-0.2, -0.15) is 5.10 Å². The van der Waals surface area contributed by atoms with Gasteiger partial charge in [0.25, 0.3) is 0 Å². The zero-order valence-corrected chi connectivity index (χ0v) is 17.4. The number of urea groups is 1. The summed E-state index contributed by atoms with van der Waals surface area (Å²) < 4.78 is 1.74. The first-order valence-electron chi connectivity index (χ1n) is 10.6. The largest absolute Gasteiger partial charge is 0.341 e. The van der Waals surface area contributed by atoms with Gasteiger partial charge in [-0.1, -0.05) is 32.0 Å². The lowest BCUT2D eigenvalue weighted by Gasteiger charge is -2.38. The molecule has 1 fully saturated rings. The number of aromatic nitrogens is 2. The molecule has 0 radical (unpaired) electrons. The maximum absolute atomic E-state index is 13.4. The molecular formula is C22H26N6O2. The fourth-order valence-corrected chi connectivity index (χ4v) is 4.86. The zero-order chi connectivity index (χ0) is 20.8. The quantitative estimate of drug-likeness (QED) is 0.786. The summed E-state index contributed by atoms with van der Waals surface area (Å²) in [4.78, 5) is 36.3. The van der Waals surface area contributed by atoms with Gasteiger partial charge in [-0.05, 0) is 30.4 Å². The number of amides is 3. The molecule has 0 bridgehead atoms. The van der Waals surface area contributed by atoms with Gasteiger partial charge in [0, 0.05) is 19.6 Å². The van der Waals surface area contributed by atoms with Gasteiger partial charge in [0.2, 0.25) is 5.91 Å². The number of benzene rings is 1. The van der Waals surface area contributed by atoms with Crippen LogP contribution in [0.15, 0.2) is 41.5 Å². The number of piperidine rings is 1. The van der Waals surface area contributed by atoms with Crippen LogP contribution in [0.5, 0.6) is 0 Å². The number of aliphatic imine (C=N–C) groups is 1. The van der Waals surface area contributed by atoms with Crippen LogP contribution in [0.25, 0.3) is 5.69 Å². The van der Waals surface area contributed by atoms with Crippen molar-refractivity contribution in [2.75, 3.05) is 37.6 Å². The highest BCUT2D eigenvalue weighted by atomic mass is 16.2. The molecule has 30 heavy (non-hydrogen) atoms. The number of likely N-dealkylation sites (tertiary alicyclic amines) is 1. The average Bonchev–Trinajstić information content (AvgIpc) is 3.38. The fourth-order valence-electron chi connectivity index (χ4n) is 4.86. The molecular weight excluding hydrogens is 380 g/mol. The van der Waals surface area contributed by atoms with Crippen molar-refractivity contribution in [2.45, 2.75) is 20.3 Å². The number of hydrogen-bond acceptors (Lipinski definition) is 4. The summed E-state index contributed by atoms with van der Waals surface area (Å²) in [6.07, 6.45) is 2.87. The molecule has 0 N–H and O–H groups in total. The molecule has 1 aromatic heterocycles. The van der Waals surface area contributed by atoms with E-state index in [0.717, 1.165) is 30.8 Å². The van der Waals surface area contributed by atoms with Crippen molar-refractivity contribution < 1.29 is 9.59 Å². The first-order chi connectivity index (χ1) is 14.5. The van der Waals surface area contributed by atoms with Gasteiger partial charge in [0.15, 0.2) is 5.82 Å². The average molecular weight is 406 g/mol. The van der Waals surface area contributed by atoms with E-state index in [9.17, 15) is 9.59 Å². The Balaban J connectivity index is 1.52. The van der Waals surface area contributed by atoms with Crippen LogP contribution in [0.4, 0.5) is 10.6 Å². The molecule has 0 spiro atoms. The van der Waals surface area contributed by atoms with Crippen molar-refractivity contribution in [1.29, 1.82) is 0 Å².